The van der Waals surface area contributed by atoms with Crippen molar-refractivity contribution in [2.24, 2.45) is 5.92 Å². The highest BCUT2D eigenvalue weighted by molar-refractivity contribution is 5.98. The van der Waals surface area contributed by atoms with E-state index >= 15 is 0 Å². The first-order chi connectivity index (χ1) is 17.0. The zero-order valence-corrected chi connectivity index (χ0v) is 20.2. The van der Waals surface area contributed by atoms with Crippen molar-refractivity contribution in [3.63, 3.8) is 0 Å². The lowest BCUT2D eigenvalue weighted by Crippen LogP contribution is -2.43. The second-order valence-electron chi connectivity index (χ2n) is 9.14. The average molecular weight is 474 g/mol. The number of rotatable bonds is 6. The number of ether oxygens (including phenoxy) is 1. The second kappa shape index (κ2) is 11.2. The molecular formula is C28H31N3O4. The normalized spacial score (nSPS) is 17.3. The summed E-state index contributed by atoms with van der Waals surface area (Å²) in [6.07, 6.45) is 4.19. The van der Waals surface area contributed by atoms with Crippen LogP contribution in [-0.2, 0) is 27.2 Å². The van der Waals surface area contributed by atoms with Crippen molar-refractivity contribution in [1.29, 1.82) is 5.26 Å². The fourth-order valence-corrected chi connectivity index (χ4v) is 4.92. The van der Waals surface area contributed by atoms with E-state index in [0.29, 0.717) is 50.2 Å². The minimum Gasteiger partial charge on any atom is -0.466 e. The smallest absolute Gasteiger partial charge is 0.310 e. The Bertz CT molecular complexity index is 1140. The van der Waals surface area contributed by atoms with Gasteiger partial charge in [-0.3, -0.25) is 14.4 Å². The SMILES string of the molecule is CCOC(=O)C1CCCN(C(=O)c2ccc3c(c2)CCCN3C(=O)CCc2ccc(C#N)cc2)C1. The number of benzene rings is 2. The van der Waals surface area contributed by atoms with Crippen molar-refractivity contribution in [2.45, 2.75) is 45.4 Å². The van der Waals surface area contributed by atoms with Crippen LogP contribution in [0.4, 0.5) is 5.69 Å². The number of piperidine rings is 1. The van der Waals surface area contributed by atoms with Crippen LogP contribution in [-0.4, -0.2) is 48.9 Å². The Balaban J connectivity index is 1.42. The lowest BCUT2D eigenvalue weighted by Gasteiger charge is -2.33. The van der Waals surface area contributed by atoms with Crippen molar-refractivity contribution in [2.75, 3.05) is 31.1 Å². The number of amides is 2. The van der Waals surface area contributed by atoms with Gasteiger partial charge < -0.3 is 14.5 Å². The number of hydrogen-bond acceptors (Lipinski definition) is 5. The van der Waals surface area contributed by atoms with Crippen LogP contribution in [0, 0.1) is 17.2 Å². The Morgan fingerprint density at radius 1 is 1.09 bits per heavy atom. The summed E-state index contributed by atoms with van der Waals surface area (Å²) < 4.78 is 5.15. The van der Waals surface area contributed by atoms with Gasteiger partial charge >= 0.3 is 5.97 Å². The molecule has 1 atom stereocenters. The Morgan fingerprint density at radius 2 is 1.89 bits per heavy atom. The van der Waals surface area contributed by atoms with Gasteiger partial charge in [-0.05, 0) is 80.5 Å². The molecule has 1 fully saturated rings. The van der Waals surface area contributed by atoms with Gasteiger partial charge in [-0.1, -0.05) is 12.1 Å². The fourth-order valence-electron chi connectivity index (χ4n) is 4.92. The molecule has 4 rings (SSSR count). The topological polar surface area (TPSA) is 90.7 Å². The Morgan fingerprint density at radius 3 is 2.63 bits per heavy atom. The number of nitriles is 1. The number of likely N-dealkylation sites (tertiary alicyclic amines) is 1. The number of carbonyl (C=O) groups excluding carboxylic acids is 3. The van der Waals surface area contributed by atoms with Crippen LogP contribution in [0.25, 0.3) is 0 Å². The highest BCUT2D eigenvalue weighted by Gasteiger charge is 2.30. The molecule has 0 bridgehead atoms. The van der Waals surface area contributed by atoms with Gasteiger partial charge in [0, 0.05) is 37.3 Å². The van der Waals surface area contributed by atoms with Crippen molar-refractivity contribution in [3.05, 3.63) is 64.7 Å². The predicted molar refractivity (Wildman–Crippen MR) is 132 cm³/mol. The molecule has 2 aliphatic heterocycles. The molecule has 7 heteroatoms. The molecule has 0 aromatic heterocycles. The minimum atomic E-state index is -0.269. The number of nitrogens with zero attached hydrogens (tertiary/aromatic N) is 3. The lowest BCUT2D eigenvalue weighted by atomic mass is 9.95. The molecule has 0 spiro atoms. The minimum absolute atomic E-state index is 0.0581. The third kappa shape index (κ3) is 5.71. The highest BCUT2D eigenvalue weighted by atomic mass is 16.5. The van der Waals surface area contributed by atoms with Crippen LogP contribution in [0.2, 0.25) is 0 Å². The van der Waals surface area contributed by atoms with Crippen LogP contribution in [0.1, 0.15) is 59.7 Å². The Labute approximate surface area is 206 Å². The lowest BCUT2D eigenvalue weighted by molar-refractivity contribution is -0.149. The first-order valence-corrected chi connectivity index (χ1v) is 12.4. The molecule has 2 aromatic rings. The molecular weight excluding hydrogens is 442 g/mol. The summed E-state index contributed by atoms with van der Waals surface area (Å²) in [5.41, 5.74) is 4.11. The van der Waals surface area contributed by atoms with Crippen LogP contribution in [0.5, 0.6) is 0 Å². The van der Waals surface area contributed by atoms with E-state index < -0.39 is 0 Å². The van der Waals surface area contributed by atoms with Gasteiger partial charge in [0.25, 0.3) is 5.91 Å². The quantitative estimate of drug-likeness (QED) is 0.594. The zero-order valence-electron chi connectivity index (χ0n) is 20.2. The van der Waals surface area contributed by atoms with E-state index in [1.807, 2.05) is 29.2 Å². The molecule has 2 heterocycles. The highest BCUT2D eigenvalue weighted by Crippen LogP contribution is 2.30. The van der Waals surface area contributed by atoms with Crippen molar-refractivity contribution in [1.82, 2.24) is 4.90 Å². The zero-order chi connectivity index (χ0) is 24.8. The van der Waals surface area contributed by atoms with E-state index in [0.717, 1.165) is 42.5 Å². The van der Waals surface area contributed by atoms with E-state index in [4.69, 9.17) is 10.00 Å². The number of hydrogen-bond donors (Lipinski definition) is 0. The summed E-state index contributed by atoms with van der Waals surface area (Å²) in [5, 5.41) is 8.94. The predicted octanol–water partition coefficient (Wildman–Crippen LogP) is 3.89. The summed E-state index contributed by atoms with van der Waals surface area (Å²) >= 11 is 0. The van der Waals surface area contributed by atoms with E-state index in [-0.39, 0.29) is 23.7 Å². The van der Waals surface area contributed by atoms with Gasteiger partial charge in [-0.15, -0.1) is 0 Å². The second-order valence-corrected chi connectivity index (χ2v) is 9.14. The van der Waals surface area contributed by atoms with Crippen LogP contribution < -0.4 is 4.90 Å². The maximum atomic E-state index is 13.2. The molecule has 0 radical (unpaired) electrons. The molecule has 1 saturated heterocycles. The number of esters is 1. The molecule has 0 saturated carbocycles. The monoisotopic (exact) mass is 473 g/mol. The molecule has 2 aromatic carbocycles. The molecule has 182 valence electrons. The van der Waals surface area contributed by atoms with Gasteiger partial charge in [0.05, 0.1) is 24.2 Å². The van der Waals surface area contributed by atoms with Gasteiger partial charge in [-0.25, -0.2) is 0 Å². The van der Waals surface area contributed by atoms with Crippen LogP contribution >= 0.6 is 0 Å². The third-order valence-electron chi connectivity index (χ3n) is 6.79. The summed E-state index contributed by atoms with van der Waals surface area (Å²) in [7, 11) is 0. The molecule has 1 unspecified atom stereocenters. The standard InChI is InChI=1S/C28H31N3O4/c1-2-35-28(34)24-6-3-15-30(19-24)27(33)23-12-13-25-22(17-23)5-4-16-31(25)26(32)14-11-20-7-9-21(18-29)10-8-20/h7-10,12-13,17,24H,2-6,11,14-16,19H2,1H3. The molecule has 0 aliphatic carbocycles. The van der Waals surface area contributed by atoms with Crippen molar-refractivity contribution >= 4 is 23.5 Å². The molecule has 0 N–H and O–H groups in total. The Hall–Kier alpha value is -3.66. The van der Waals surface area contributed by atoms with Crippen molar-refractivity contribution in [3.8, 4) is 6.07 Å². The number of fused-ring (bicyclic) bond motifs is 1. The Kier molecular flexibility index (Phi) is 7.81. The van der Waals surface area contributed by atoms with E-state index in [9.17, 15) is 14.4 Å². The first-order valence-electron chi connectivity index (χ1n) is 12.4. The average Bonchev–Trinajstić information content (AvgIpc) is 2.91. The summed E-state index contributed by atoms with van der Waals surface area (Å²) in [6, 6.07) is 15.0. The van der Waals surface area contributed by atoms with Crippen LogP contribution in [0.3, 0.4) is 0 Å². The van der Waals surface area contributed by atoms with Gasteiger partial charge in [0.15, 0.2) is 0 Å². The van der Waals surface area contributed by atoms with Crippen LogP contribution in [0.15, 0.2) is 42.5 Å². The van der Waals surface area contributed by atoms with E-state index in [2.05, 4.69) is 6.07 Å². The number of aryl methyl sites for hydroxylation is 2. The molecule has 7 nitrogen and oxygen atoms in total. The third-order valence-corrected chi connectivity index (χ3v) is 6.79. The van der Waals surface area contributed by atoms with Gasteiger partial charge in [0.1, 0.15) is 0 Å². The number of carbonyl (C=O) groups is 3. The molecule has 2 amide bonds. The van der Waals surface area contributed by atoms with E-state index in [1.54, 1.807) is 30.0 Å². The maximum Gasteiger partial charge on any atom is 0.310 e. The molecule has 2 aliphatic rings. The summed E-state index contributed by atoms with van der Waals surface area (Å²) in [5.74, 6) is -0.520. The van der Waals surface area contributed by atoms with Crippen molar-refractivity contribution < 1.29 is 19.1 Å². The first kappa shape index (κ1) is 24.5. The van der Waals surface area contributed by atoms with Gasteiger partial charge in [0.2, 0.25) is 5.91 Å². The number of anilines is 1. The fraction of sp³-hybridized carbons (Fsp3) is 0.429. The summed E-state index contributed by atoms with van der Waals surface area (Å²) in [4.78, 5) is 42.0. The molecule has 35 heavy (non-hydrogen) atoms. The van der Waals surface area contributed by atoms with Gasteiger partial charge in [-0.2, -0.15) is 5.26 Å². The van der Waals surface area contributed by atoms with E-state index in [1.165, 1.54) is 0 Å². The maximum absolute atomic E-state index is 13.2. The summed E-state index contributed by atoms with van der Waals surface area (Å²) in [6.45, 7) is 3.81. The largest absolute Gasteiger partial charge is 0.466 e.